The molecule has 2 heterocycles. The number of anilines is 2. The van der Waals surface area contributed by atoms with Gasteiger partial charge in [0.25, 0.3) is 0 Å². The molecule has 1 saturated heterocycles. The van der Waals surface area contributed by atoms with E-state index in [4.69, 9.17) is 9.84 Å². The van der Waals surface area contributed by atoms with Gasteiger partial charge in [0, 0.05) is 37.2 Å². The first-order chi connectivity index (χ1) is 17.0. The van der Waals surface area contributed by atoms with Gasteiger partial charge < -0.3 is 24.6 Å². The number of nitrogens with zero attached hydrogens (tertiary/aromatic N) is 5. The van der Waals surface area contributed by atoms with Gasteiger partial charge in [0.2, 0.25) is 11.9 Å². The number of rotatable bonds is 7. The number of aliphatic hydroxyl groups is 1. The summed E-state index contributed by atoms with van der Waals surface area (Å²) >= 11 is -1.05. The number of nitriles is 1. The second kappa shape index (κ2) is 11.1. The first kappa shape index (κ1) is 24.4. The van der Waals surface area contributed by atoms with Crippen molar-refractivity contribution in [2.24, 2.45) is 0 Å². The first-order valence-corrected chi connectivity index (χ1v) is 12.5. The predicted octanol–water partition coefficient (Wildman–Crippen LogP) is 2.25. The van der Waals surface area contributed by atoms with Crippen LogP contribution in [0.25, 0.3) is 11.4 Å². The number of amides is 1. The highest BCUT2D eigenvalue weighted by atomic mass is 32.2. The standard InChI is InChI=1S/C24H24N6O4S/c1-35(33)20-5-3-18(4-6-20)28-24-27-15-26-23(29-24)16-2-7-21(17(12-16)13-25)34-19-8-10-30(11-9-19)22(32)14-31/h2-7,12,15,19,31H,8-11,14H2,1H3,(H,26,27,28,29). The van der Waals surface area contributed by atoms with Crippen molar-refractivity contribution in [3.05, 3.63) is 54.4 Å². The number of nitrogens with one attached hydrogen (secondary N) is 1. The van der Waals surface area contributed by atoms with E-state index in [1.807, 2.05) is 0 Å². The molecule has 0 spiro atoms. The largest absolute Gasteiger partial charge is 0.612 e. The molecule has 35 heavy (non-hydrogen) atoms. The van der Waals surface area contributed by atoms with Crippen LogP contribution in [0.5, 0.6) is 5.75 Å². The number of aromatic nitrogens is 3. The summed E-state index contributed by atoms with van der Waals surface area (Å²) in [6, 6.07) is 14.5. The SMILES string of the molecule is C[S+]([O-])c1ccc(Nc2ncnc(-c3ccc(OC4CCN(C(=O)CO)CC4)c(C#N)c3)n2)cc1. The summed E-state index contributed by atoms with van der Waals surface area (Å²) in [7, 11) is 0. The Morgan fingerprint density at radius 3 is 2.66 bits per heavy atom. The van der Waals surface area contributed by atoms with Gasteiger partial charge in [-0.15, -0.1) is 0 Å². The van der Waals surface area contributed by atoms with Crippen molar-refractivity contribution >= 4 is 28.7 Å². The lowest BCUT2D eigenvalue weighted by Gasteiger charge is -2.32. The molecular formula is C24H24N6O4S. The second-order valence-corrected chi connectivity index (χ2v) is 9.29. The molecule has 1 aliphatic rings. The summed E-state index contributed by atoms with van der Waals surface area (Å²) in [5.74, 6) is 0.908. The van der Waals surface area contributed by atoms with Crippen molar-refractivity contribution in [3.63, 3.8) is 0 Å². The number of carbonyl (C=O) groups excluding carboxylic acids is 1. The van der Waals surface area contributed by atoms with Crippen molar-refractivity contribution in [2.45, 2.75) is 23.8 Å². The minimum atomic E-state index is -1.05. The quantitative estimate of drug-likeness (QED) is 0.474. The van der Waals surface area contributed by atoms with Gasteiger partial charge in [-0.3, -0.25) is 4.79 Å². The Kier molecular flexibility index (Phi) is 7.77. The molecule has 1 aliphatic heterocycles. The molecular weight excluding hydrogens is 468 g/mol. The van der Waals surface area contributed by atoms with Crippen molar-refractivity contribution in [2.75, 3.05) is 31.3 Å². The molecule has 0 saturated carbocycles. The molecule has 11 heteroatoms. The van der Waals surface area contributed by atoms with Crippen molar-refractivity contribution in [3.8, 4) is 23.2 Å². The third-order valence-electron chi connectivity index (χ3n) is 5.60. The van der Waals surface area contributed by atoms with Gasteiger partial charge in [0.1, 0.15) is 37.1 Å². The molecule has 1 fully saturated rings. The summed E-state index contributed by atoms with van der Waals surface area (Å²) in [5.41, 5.74) is 1.73. The van der Waals surface area contributed by atoms with Gasteiger partial charge in [0.15, 0.2) is 10.7 Å². The number of aliphatic hydroxyl groups excluding tert-OH is 1. The number of ether oxygens (including phenoxy) is 1. The van der Waals surface area contributed by atoms with E-state index >= 15 is 0 Å². The highest BCUT2D eigenvalue weighted by molar-refractivity contribution is 7.90. The van der Waals surface area contributed by atoms with Gasteiger partial charge >= 0.3 is 0 Å². The molecule has 1 unspecified atom stereocenters. The lowest BCUT2D eigenvalue weighted by atomic mass is 10.1. The number of hydrogen-bond acceptors (Lipinski definition) is 9. The monoisotopic (exact) mass is 492 g/mol. The van der Waals surface area contributed by atoms with Gasteiger partial charge in [-0.1, -0.05) is 0 Å². The minimum Gasteiger partial charge on any atom is -0.612 e. The van der Waals surface area contributed by atoms with Crippen LogP contribution in [0.15, 0.2) is 53.7 Å². The maximum atomic E-state index is 11.6. The third-order valence-corrected chi connectivity index (χ3v) is 6.53. The maximum absolute atomic E-state index is 11.6. The molecule has 1 atom stereocenters. The zero-order valence-electron chi connectivity index (χ0n) is 19.0. The second-order valence-electron chi connectivity index (χ2n) is 7.92. The Hall–Kier alpha value is -3.72. The molecule has 2 aromatic carbocycles. The van der Waals surface area contributed by atoms with Crippen LogP contribution in [-0.4, -0.2) is 67.5 Å². The van der Waals surface area contributed by atoms with Gasteiger partial charge in [0.05, 0.1) is 5.56 Å². The summed E-state index contributed by atoms with van der Waals surface area (Å²) in [4.78, 5) is 26.8. The van der Waals surface area contributed by atoms with E-state index in [1.165, 1.54) is 6.33 Å². The molecule has 0 radical (unpaired) electrons. The van der Waals surface area contributed by atoms with Crippen LogP contribution in [-0.2, 0) is 16.0 Å². The van der Waals surface area contributed by atoms with Crippen LogP contribution in [0.2, 0.25) is 0 Å². The third kappa shape index (κ3) is 6.05. The summed E-state index contributed by atoms with van der Waals surface area (Å²) in [6.07, 6.45) is 4.13. The normalized spacial score (nSPS) is 14.7. The topological polar surface area (TPSA) is 147 Å². The van der Waals surface area contributed by atoms with E-state index < -0.39 is 17.8 Å². The first-order valence-electron chi connectivity index (χ1n) is 11.0. The summed E-state index contributed by atoms with van der Waals surface area (Å²) < 4.78 is 17.6. The minimum absolute atomic E-state index is 0.125. The van der Waals surface area contributed by atoms with Crippen molar-refractivity contribution in [1.29, 1.82) is 5.26 Å². The van der Waals surface area contributed by atoms with E-state index in [1.54, 1.807) is 53.6 Å². The number of piperidine rings is 1. The molecule has 1 amide bonds. The highest BCUT2D eigenvalue weighted by Gasteiger charge is 2.24. The fraction of sp³-hybridized carbons (Fsp3) is 0.292. The molecule has 4 rings (SSSR count). The van der Waals surface area contributed by atoms with E-state index in [0.29, 0.717) is 54.6 Å². The Morgan fingerprint density at radius 2 is 2.00 bits per heavy atom. The van der Waals surface area contributed by atoms with Gasteiger partial charge in [-0.05, 0) is 53.6 Å². The predicted molar refractivity (Wildman–Crippen MR) is 129 cm³/mol. The van der Waals surface area contributed by atoms with Crippen LogP contribution in [0.1, 0.15) is 18.4 Å². The number of hydrogen-bond donors (Lipinski definition) is 2. The summed E-state index contributed by atoms with van der Waals surface area (Å²) in [6.45, 7) is 0.514. The number of likely N-dealkylation sites (tertiary alicyclic amines) is 1. The average Bonchev–Trinajstić information content (AvgIpc) is 2.89. The van der Waals surface area contributed by atoms with E-state index in [-0.39, 0.29) is 12.0 Å². The molecule has 10 nitrogen and oxygen atoms in total. The lowest BCUT2D eigenvalue weighted by Crippen LogP contribution is -2.42. The molecule has 1 aromatic heterocycles. The number of carbonyl (C=O) groups is 1. The maximum Gasteiger partial charge on any atom is 0.248 e. The Bertz CT molecular complexity index is 1220. The van der Waals surface area contributed by atoms with Crippen molar-refractivity contribution < 1.29 is 19.2 Å². The van der Waals surface area contributed by atoms with Gasteiger partial charge in [-0.2, -0.15) is 10.2 Å². The molecule has 0 bridgehead atoms. The van der Waals surface area contributed by atoms with Gasteiger partial charge in [-0.25, -0.2) is 9.97 Å². The fourth-order valence-corrected chi connectivity index (χ4v) is 4.24. The van der Waals surface area contributed by atoms with Crippen LogP contribution in [0.4, 0.5) is 11.6 Å². The van der Waals surface area contributed by atoms with Crippen LogP contribution in [0.3, 0.4) is 0 Å². The van der Waals surface area contributed by atoms with E-state index in [2.05, 4.69) is 26.3 Å². The Morgan fingerprint density at radius 1 is 1.26 bits per heavy atom. The van der Waals surface area contributed by atoms with Crippen LogP contribution in [0, 0.1) is 11.3 Å². The summed E-state index contributed by atoms with van der Waals surface area (Å²) in [5, 5.41) is 21.8. The van der Waals surface area contributed by atoms with Crippen LogP contribution >= 0.6 is 0 Å². The van der Waals surface area contributed by atoms with Crippen LogP contribution < -0.4 is 10.1 Å². The zero-order valence-corrected chi connectivity index (χ0v) is 19.9. The zero-order chi connectivity index (χ0) is 24.8. The van der Waals surface area contributed by atoms with E-state index in [0.717, 1.165) is 10.6 Å². The highest BCUT2D eigenvalue weighted by Crippen LogP contribution is 2.28. The Balaban J connectivity index is 1.45. The molecule has 3 aromatic rings. The average molecular weight is 493 g/mol. The lowest BCUT2D eigenvalue weighted by molar-refractivity contribution is -0.135. The fourth-order valence-electron chi connectivity index (χ4n) is 3.72. The molecule has 2 N–H and O–H groups in total. The molecule has 0 aliphatic carbocycles. The molecule has 180 valence electrons. The number of benzene rings is 2. The smallest absolute Gasteiger partial charge is 0.248 e. The van der Waals surface area contributed by atoms with E-state index in [9.17, 15) is 14.6 Å². The Labute approximate surface area is 205 Å². The van der Waals surface area contributed by atoms with Crippen molar-refractivity contribution in [1.82, 2.24) is 19.9 Å².